The van der Waals surface area contributed by atoms with Crippen molar-refractivity contribution in [3.63, 3.8) is 0 Å². The smallest absolute Gasteiger partial charge is 0.0500 e. The first-order chi connectivity index (χ1) is 3.39. The molecule has 1 rings (SSSR count). The third kappa shape index (κ3) is 2.31. The predicted octanol–water partition coefficient (Wildman–Crippen LogP) is 0.283. The van der Waals surface area contributed by atoms with E-state index >= 15 is 0 Å². The van der Waals surface area contributed by atoms with Gasteiger partial charge in [-0.1, -0.05) is 0 Å². The largest absolute Gasteiger partial charge is 0.397 e. The van der Waals surface area contributed by atoms with Crippen LogP contribution in [0.2, 0.25) is 0 Å². The standard InChI is InChI=1S/C5H6N2.Na/c6-5-2-1-3-7-4-5;/h1-4H,6H2;. The summed E-state index contributed by atoms with van der Waals surface area (Å²) in [4.78, 5) is 3.76. The number of nitrogen functional groups attached to an aromatic ring is 1. The number of nitrogens with zero attached hydrogens (tertiary/aromatic N) is 1. The Morgan fingerprint density at radius 2 is 2.25 bits per heavy atom. The van der Waals surface area contributed by atoms with E-state index in [9.17, 15) is 0 Å². The summed E-state index contributed by atoms with van der Waals surface area (Å²) in [5.41, 5.74) is 6.01. The molecule has 0 aromatic carbocycles. The fourth-order valence-corrected chi connectivity index (χ4v) is 0.376. The Labute approximate surface area is 70.4 Å². The second-order valence-corrected chi connectivity index (χ2v) is 1.29. The molecule has 0 aliphatic carbocycles. The van der Waals surface area contributed by atoms with Crippen molar-refractivity contribution in [1.29, 1.82) is 0 Å². The first kappa shape index (κ1) is 7.95. The number of pyridine rings is 1. The number of aromatic nitrogens is 1. The zero-order chi connectivity index (χ0) is 5.11. The first-order valence-corrected chi connectivity index (χ1v) is 2.05. The first-order valence-electron chi connectivity index (χ1n) is 2.05. The van der Waals surface area contributed by atoms with Crippen LogP contribution in [0.3, 0.4) is 0 Å². The Bertz CT molecular complexity index is 140. The molecular weight excluding hydrogens is 111 g/mol. The Morgan fingerprint density at radius 1 is 1.50 bits per heavy atom. The molecule has 2 N–H and O–H groups in total. The van der Waals surface area contributed by atoms with Gasteiger partial charge in [0.2, 0.25) is 0 Å². The van der Waals surface area contributed by atoms with Crippen LogP contribution in [0.15, 0.2) is 24.5 Å². The zero-order valence-electron chi connectivity index (χ0n) is 4.83. The normalized spacial score (nSPS) is 7.50. The average Bonchev–Trinajstić information content (AvgIpc) is 1.69. The van der Waals surface area contributed by atoms with Crippen molar-refractivity contribution in [3.8, 4) is 0 Å². The Hall–Kier alpha value is -0.0500. The molecule has 0 amide bonds. The maximum atomic E-state index is 5.30. The van der Waals surface area contributed by atoms with Crippen LogP contribution in [0.4, 0.5) is 5.69 Å². The summed E-state index contributed by atoms with van der Waals surface area (Å²) >= 11 is 0. The van der Waals surface area contributed by atoms with Crippen molar-refractivity contribution in [2.24, 2.45) is 0 Å². The second-order valence-electron chi connectivity index (χ2n) is 1.29. The Morgan fingerprint density at radius 3 is 2.50 bits per heavy atom. The van der Waals surface area contributed by atoms with Gasteiger partial charge in [0, 0.05) is 42.0 Å². The fourth-order valence-electron chi connectivity index (χ4n) is 0.376. The van der Waals surface area contributed by atoms with E-state index in [2.05, 4.69) is 4.98 Å². The van der Waals surface area contributed by atoms with Crippen LogP contribution in [0.25, 0.3) is 0 Å². The molecule has 37 valence electrons. The molecule has 0 aliphatic heterocycles. The molecule has 0 aliphatic rings. The third-order valence-electron chi connectivity index (χ3n) is 0.684. The van der Waals surface area contributed by atoms with Crippen molar-refractivity contribution >= 4 is 35.2 Å². The van der Waals surface area contributed by atoms with Crippen LogP contribution in [-0.2, 0) is 0 Å². The Balaban J connectivity index is 0.000000490. The summed E-state index contributed by atoms with van der Waals surface area (Å²) in [6.45, 7) is 0. The van der Waals surface area contributed by atoms with Crippen molar-refractivity contribution in [3.05, 3.63) is 24.5 Å². The molecule has 1 heterocycles. The van der Waals surface area contributed by atoms with Gasteiger partial charge in [0.15, 0.2) is 0 Å². The van der Waals surface area contributed by atoms with E-state index < -0.39 is 0 Å². The maximum absolute atomic E-state index is 5.30. The zero-order valence-corrected chi connectivity index (χ0v) is 6.83. The minimum atomic E-state index is 0. The molecule has 3 heteroatoms. The predicted molar refractivity (Wildman–Crippen MR) is 34.4 cm³/mol. The quantitative estimate of drug-likeness (QED) is 0.496. The molecule has 0 saturated heterocycles. The van der Waals surface area contributed by atoms with Crippen molar-refractivity contribution in [1.82, 2.24) is 4.98 Å². The van der Waals surface area contributed by atoms with E-state index in [0.717, 1.165) is 0 Å². The number of anilines is 1. The summed E-state index contributed by atoms with van der Waals surface area (Å²) in [5, 5.41) is 0. The van der Waals surface area contributed by atoms with Gasteiger partial charge >= 0.3 is 0 Å². The molecule has 0 bridgehead atoms. The molecule has 0 fully saturated rings. The summed E-state index contributed by atoms with van der Waals surface area (Å²) < 4.78 is 0. The van der Waals surface area contributed by atoms with Gasteiger partial charge in [0.1, 0.15) is 0 Å². The second kappa shape index (κ2) is 3.89. The molecule has 0 spiro atoms. The van der Waals surface area contributed by atoms with Gasteiger partial charge in [0.25, 0.3) is 0 Å². The summed E-state index contributed by atoms with van der Waals surface area (Å²) in [7, 11) is 0. The van der Waals surface area contributed by atoms with E-state index in [4.69, 9.17) is 5.73 Å². The fraction of sp³-hybridized carbons (Fsp3) is 0. The number of hydrogen-bond acceptors (Lipinski definition) is 2. The van der Waals surface area contributed by atoms with E-state index in [1.807, 2.05) is 0 Å². The van der Waals surface area contributed by atoms with Crippen LogP contribution >= 0.6 is 0 Å². The molecule has 1 aromatic heterocycles. The minimum Gasteiger partial charge on any atom is -0.397 e. The molecule has 1 aromatic rings. The molecule has 0 atom stereocenters. The van der Waals surface area contributed by atoms with Crippen molar-refractivity contribution in [2.45, 2.75) is 0 Å². The van der Waals surface area contributed by atoms with Gasteiger partial charge in [-0.05, 0) is 12.1 Å². The van der Waals surface area contributed by atoms with Crippen LogP contribution in [-0.4, -0.2) is 34.5 Å². The topological polar surface area (TPSA) is 38.9 Å². The van der Waals surface area contributed by atoms with Gasteiger partial charge in [-0.2, -0.15) is 0 Å². The van der Waals surface area contributed by atoms with E-state index in [-0.39, 0.29) is 29.6 Å². The number of nitrogens with two attached hydrogens (primary N) is 1. The van der Waals surface area contributed by atoms with E-state index in [0.29, 0.717) is 5.69 Å². The maximum Gasteiger partial charge on any atom is 0.0500 e. The monoisotopic (exact) mass is 117 g/mol. The summed E-state index contributed by atoms with van der Waals surface area (Å²) in [6, 6.07) is 3.60. The van der Waals surface area contributed by atoms with Crippen LogP contribution in [0, 0.1) is 0 Å². The molecule has 1 radical (unpaired) electrons. The van der Waals surface area contributed by atoms with E-state index in [1.165, 1.54) is 0 Å². The van der Waals surface area contributed by atoms with Gasteiger partial charge in [-0.25, -0.2) is 0 Å². The van der Waals surface area contributed by atoms with Crippen LogP contribution in [0.5, 0.6) is 0 Å². The molecule has 2 nitrogen and oxygen atoms in total. The minimum absolute atomic E-state index is 0. The molecule has 0 unspecified atom stereocenters. The van der Waals surface area contributed by atoms with Gasteiger partial charge in [-0.15, -0.1) is 0 Å². The van der Waals surface area contributed by atoms with Gasteiger partial charge in [0.05, 0.1) is 5.69 Å². The number of hydrogen-bond donors (Lipinski definition) is 1. The van der Waals surface area contributed by atoms with Crippen molar-refractivity contribution in [2.75, 3.05) is 5.73 Å². The van der Waals surface area contributed by atoms with Crippen LogP contribution in [0.1, 0.15) is 0 Å². The SMILES string of the molecule is Nc1cccnc1.[Na]. The van der Waals surface area contributed by atoms with Gasteiger partial charge in [-0.3, -0.25) is 4.98 Å². The third-order valence-corrected chi connectivity index (χ3v) is 0.684. The van der Waals surface area contributed by atoms with Gasteiger partial charge < -0.3 is 5.73 Å². The summed E-state index contributed by atoms with van der Waals surface area (Å²) in [5.74, 6) is 0. The summed E-state index contributed by atoms with van der Waals surface area (Å²) in [6.07, 6.45) is 3.30. The van der Waals surface area contributed by atoms with E-state index in [1.54, 1.807) is 24.5 Å². The van der Waals surface area contributed by atoms with Crippen LogP contribution < -0.4 is 5.73 Å². The molecule has 0 saturated carbocycles. The molecule has 8 heavy (non-hydrogen) atoms. The average molecular weight is 117 g/mol. The Kier molecular flexibility index (Phi) is 3.87. The van der Waals surface area contributed by atoms with Crippen molar-refractivity contribution < 1.29 is 0 Å². The molecular formula is C5H6N2Na. The number of rotatable bonds is 0.